The molecular weight excluding hydrogens is 424 g/mol. The van der Waals surface area contributed by atoms with E-state index < -0.39 is 10.0 Å². The molecule has 1 atom stereocenters. The molecule has 0 saturated carbocycles. The van der Waals surface area contributed by atoms with E-state index in [1.165, 1.54) is 4.31 Å². The number of benzene rings is 2. The number of aryl methyl sites for hydroxylation is 3. The zero-order chi connectivity index (χ0) is 23.5. The third-order valence-electron chi connectivity index (χ3n) is 6.08. The van der Waals surface area contributed by atoms with Crippen molar-refractivity contribution < 1.29 is 17.9 Å². The zero-order valence-corrected chi connectivity index (χ0v) is 20.5. The van der Waals surface area contributed by atoms with Gasteiger partial charge in [-0.25, -0.2) is 8.42 Å². The molecule has 1 aliphatic heterocycles. The van der Waals surface area contributed by atoms with Crippen molar-refractivity contribution >= 4 is 15.9 Å². The second-order valence-electron chi connectivity index (χ2n) is 8.64. The highest BCUT2D eigenvalue weighted by Crippen LogP contribution is 2.29. The molecule has 1 N–H and O–H groups in total. The lowest BCUT2D eigenvalue weighted by Crippen LogP contribution is -2.43. The quantitative estimate of drug-likeness (QED) is 0.672. The number of hydrogen-bond acceptors (Lipinski definition) is 4. The van der Waals surface area contributed by atoms with Gasteiger partial charge in [-0.2, -0.15) is 4.31 Å². The molecule has 6 nitrogen and oxygen atoms in total. The van der Waals surface area contributed by atoms with Gasteiger partial charge in [-0.05, 0) is 76.3 Å². The van der Waals surface area contributed by atoms with Crippen LogP contribution < -0.4 is 10.1 Å². The van der Waals surface area contributed by atoms with Gasteiger partial charge in [-0.15, -0.1) is 0 Å². The summed E-state index contributed by atoms with van der Waals surface area (Å²) in [6.45, 7) is 10.9. The summed E-state index contributed by atoms with van der Waals surface area (Å²) in [6.07, 6.45) is 1.04. The maximum atomic E-state index is 13.3. The van der Waals surface area contributed by atoms with Crippen molar-refractivity contribution in [2.75, 3.05) is 19.7 Å². The minimum absolute atomic E-state index is 0.0221. The van der Waals surface area contributed by atoms with Crippen molar-refractivity contribution in [1.29, 1.82) is 0 Å². The molecule has 0 aromatic heterocycles. The van der Waals surface area contributed by atoms with E-state index in [0.29, 0.717) is 37.4 Å². The highest BCUT2D eigenvalue weighted by atomic mass is 32.2. The summed E-state index contributed by atoms with van der Waals surface area (Å²) in [5.74, 6) is 0.598. The van der Waals surface area contributed by atoms with Crippen molar-refractivity contribution in [2.24, 2.45) is 5.92 Å². The number of nitrogens with one attached hydrogen (secondary N) is 1. The Bertz CT molecular complexity index is 1030. The van der Waals surface area contributed by atoms with Crippen LogP contribution in [-0.4, -0.2) is 38.3 Å². The van der Waals surface area contributed by atoms with Crippen molar-refractivity contribution in [3.63, 3.8) is 0 Å². The van der Waals surface area contributed by atoms with Crippen LogP contribution in [0.15, 0.2) is 41.3 Å². The van der Waals surface area contributed by atoms with E-state index in [2.05, 4.69) is 5.32 Å². The Hall–Kier alpha value is -2.38. The first-order chi connectivity index (χ1) is 15.1. The third kappa shape index (κ3) is 5.33. The Balaban J connectivity index is 1.61. The van der Waals surface area contributed by atoms with Gasteiger partial charge in [0.15, 0.2) is 0 Å². The number of amides is 1. The van der Waals surface area contributed by atoms with Crippen LogP contribution in [0, 0.1) is 26.7 Å². The number of piperidine rings is 1. The minimum atomic E-state index is -3.57. The molecule has 0 bridgehead atoms. The number of ether oxygens (including phenoxy) is 1. The van der Waals surface area contributed by atoms with Gasteiger partial charge in [0.25, 0.3) is 0 Å². The van der Waals surface area contributed by atoms with Gasteiger partial charge < -0.3 is 10.1 Å². The number of carbonyl (C=O) groups excluding carboxylic acids is 1. The minimum Gasteiger partial charge on any atom is -0.494 e. The van der Waals surface area contributed by atoms with Gasteiger partial charge in [-0.1, -0.05) is 29.8 Å². The van der Waals surface area contributed by atoms with Gasteiger partial charge in [-0.3, -0.25) is 4.79 Å². The summed E-state index contributed by atoms with van der Waals surface area (Å²) in [6, 6.07) is 11.4. The van der Waals surface area contributed by atoms with Crippen molar-refractivity contribution in [2.45, 2.75) is 58.4 Å². The SMILES string of the molecule is CCOc1ccc([C@H](C)NC(=O)C2CCN(S(=O)(=O)c3c(C)cc(C)cc3C)CC2)cc1. The summed E-state index contributed by atoms with van der Waals surface area (Å²) in [5, 5.41) is 3.08. The Morgan fingerprint density at radius 3 is 2.19 bits per heavy atom. The van der Waals surface area contributed by atoms with Crippen LogP contribution in [0.2, 0.25) is 0 Å². The molecule has 1 heterocycles. The second kappa shape index (κ2) is 10.0. The first-order valence-electron chi connectivity index (χ1n) is 11.2. The molecule has 1 aliphatic rings. The number of nitrogens with zero attached hydrogens (tertiary/aromatic N) is 1. The van der Waals surface area contributed by atoms with E-state index in [-0.39, 0.29) is 17.9 Å². The monoisotopic (exact) mass is 458 g/mol. The average molecular weight is 459 g/mol. The average Bonchev–Trinajstić information content (AvgIpc) is 2.73. The van der Waals surface area contributed by atoms with Gasteiger partial charge >= 0.3 is 0 Å². The molecule has 2 aromatic rings. The highest BCUT2D eigenvalue weighted by Gasteiger charge is 2.34. The lowest BCUT2D eigenvalue weighted by atomic mass is 9.96. The molecule has 1 saturated heterocycles. The fourth-order valence-electron chi connectivity index (χ4n) is 4.50. The van der Waals surface area contributed by atoms with E-state index in [4.69, 9.17) is 4.74 Å². The molecule has 1 fully saturated rings. The molecular formula is C25H34N2O4S. The molecule has 3 rings (SSSR count). The molecule has 0 spiro atoms. The normalized spacial score (nSPS) is 16.5. The van der Waals surface area contributed by atoms with E-state index in [1.54, 1.807) is 0 Å². The fourth-order valence-corrected chi connectivity index (χ4v) is 6.38. The van der Waals surface area contributed by atoms with Gasteiger partial charge in [0.1, 0.15) is 5.75 Å². The van der Waals surface area contributed by atoms with Crippen molar-refractivity contribution in [3.8, 4) is 5.75 Å². The van der Waals surface area contributed by atoms with E-state index in [1.807, 2.05) is 71.0 Å². The second-order valence-corrected chi connectivity index (χ2v) is 10.5. The fraction of sp³-hybridized carbons (Fsp3) is 0.480. The topological polar surface area (TPSA) is 75.7 Å². The van der Waals surface area contributed by atoms with E-state index >= 15 is 0 Å². The van der Waals surface area contributed by atoms with Crippen LogP contribution in [0.25, 0.3) is 0 Å². The Kier molecular flexibility index (Phi) is 7.62. The van der Waals surface area contributed by atoms with Crippen LogP contribution in [0.1, 0.15) is 55.0 Å². The summed E-state index contributed by atoms with van der Waals surface area (Å²) in [7, 11) is -3.57. The smallest absolute Gasteiger partial charge is 0.243 e. The summed E-state index contributed by atoms with van der Waals surface area (Å²) < 4.78 is 33.5. The molecule has 0 aliphatic carbocycles. The first kappa shape index (κ1) is 24.3. The van der Waals surface area contributed by atoms with Gasteiger partial charge in [0.2, 0.25) is 15.9 Å². The summed E-state index contributed by atoms with van der Waals surface area (Å²) in [5.41, 5.74) is 3.60. The third-order valence-corrected chi connectivity index (χ3v) is 8.28. The van der Waals surface area contributed by atoms with Gasteiger partial charge in [0, 0.05) is 19.0 Å². The molecule has 32 heavy (non-hydrogen) atoms. The maximum Gasteiger partial charge on any atom is 0.243 e. The highest BCUT2D eigenvalue weighted by molar-refractivity contribution is 7.89. The standard InChI is InChI=1S/C25H34N2O4S/c1-6-31-23-9-7-21(8-10-23)20(5)26-25(28)22-11-13-27(14-12-22)32(29,30)24-18(3)15-17(2)16-19(24)4/h7-10,15-16,20,22H,6,11-14H2,1-5H3,(H,26,28)/t20-/m0/s1. The maximum absolute atomic E-state index is 13.3. The molecule has 0 unspecified atom stereocenters. The summed E-state index contributed by atoms with van der Waals surface area (Å²) >= 11 is 0. The zero-order valence-electron chi connectivity index (χ0n) is 19.6. The van der Waals surface area contributed by atoms with Crippen LogP contribution in [0.4, 0.5) is 0 Å². The first-order valence-corrected chi connectivity index (χ1v) is 12.7. The largest absolute Gasteiger partial charge is 0.494 e. The van der Waals surface area contributed by atoms with E-state index in [9.17, 15) is 13.2 Å². The lowest BCUT2D eigenvalue weighted by Gasteiger charge is -2.32. The van der Waals surface area contributed by atoms with Crippen LogP contribution in [0.3, 0.4) is 0 Å². The molecule has 2 aromatic carbocycles. The van der Waals surface area contributed by atoms with Gasteiger partial charge in [0.05, 0.1) is 17.5 Å². The van der Waals surface area contributed by atoms with E-state index in [0.717, 1.165) is 28.0 Å². The van der Waals surface area contributed by atoms with Crippen molar-refractivity contribution in [1.82, 2.24) is 9.62 Å². The Labute approximate surface area is 192 Å². The number of rotatable bonds is 7. The molecule has 0 radical (unpaired) electrons. The number of carbonyl (C=O) groups is 1. The number of hydrogen-bond donors (Lipinski definition) is 1. The Morgan fingerprint density at radius 2 is 1.66 bits per heavy atom. The predicted octanol–water partition coefficient (Wildman–Crippen LogP) is 4.29. The molecule has 1 amide bonds. The van der Waals surface area contributed by atoms with Crippen molar-refractivity contribution in [3.05, 3.63) is 58.7 Å². The van der Waals surface area contributed by atoms with Crippen LogP contribution in [-0.2, 0) is 14.8 Å². The molecule has 174 valence electrons. The predicted molar refractivity (Wildman–Crippen MR) is 126 cm³/mol. The molecule has 7 heteroatoms. The number of sulfonamides is 1. The Morgan fingerprint density at radius 1 is 1.09 bits per heavy atom. The lowest BCUT2D eigenvalue weighted by molar-refractivity contribution is -0.126. The van der Waals surface area contributed by atoms with Crippen LogP contribution >= 0.6 is 0 Å². The van der Waals surface area contributed by atoms with Crippen LogP contribution in [0.5, 0.6) is 5.75 Å². The summed E-state index contributed by atoms with van der Waals surface area (Å²) in [4.78, 5) is 13.2.